The van der Waals surface area contributed by atoms with Gasteiger partial charge in [-0.2, -0.15) is 0 Å². The molecule has 0 unspecified atom stereocenters. The third kappa shape index (κ3) is 4.37. The summed E-state index contributed by atoms with van der Waals surface area (Å²) in [6.45, 7) is 0.615. The minimum Gasteiger partial charge on any atom is -0.454 e. The Hall–Kier alpha value is -4.39. The average Bonchev–Trinajstić information content (AvgIpc) is 3.31. The summed E-state index contributed by atoms with van der Waals surface area (Å²) in [7, 11) is 0. The Balaban J connectivity index is 1.26. The molecule has 158 valence electrons. The van der Waals surface area contributed by atoms with Crippen LogP contribution in [0.1, 0.15) is 15.9 Å². The van der Waals surface area contributed by atoms with Crippen LogP contribution in [0.3, 0.4) is 0 Å². The quantitative estimate of drug-likeness (QED) is 0.473. The molecule has 1 aliphatic heterocycles. The van der Waals surface area contributed by atoms with E-state index in [9.17, 15) is 4.79 Å². The first-order valence-electron chi connectivity index (χ1n) is 10.2. The summed E-state index contributed by atoms with van der Waals surface area (Å²) in [5.74, 6) is 2.53. The van der Waals surface area contributed by atoms with Crippen LogP contribution in [0, 0.1) is 0 Å². The number of carbonyl (C=O) groups excluding carboxylic acids is 1. The first-order chi connectivity index (χ1) is 15.7. The predicted octanol–water partition coefficient (Wildman–Crippen LogP) is 4.55. The lowest BCUT2D eigenvalue weighted by Crippen LogP contribution is -2.22. The van der Waals surface area contributed by atoms with Gasteiger partial charge in [-0.25, -0.2) is 9.97 Å². The number of nitrogens with zero attached hydrogens (tertiary/aromatic N) is 2. The Morgan fingerprint density at radius 2 is 1.78 bits per heavy atom. The van der Waals surface area contributed by atoms with Gasteiger partial charge < -0.3 is 20.1 Å². The van der Waals surface area contributed by atoms with Crippen molar-refractivity contribution in [2.45, 2.75) is 6.54 Å². The number of nitrogens with one attached hydrogen (secondary N) is 2. The summed E-state index contributed by atoms with van der Waals surface area (Å²) in [5, 5.41) is 6.19. The van der Waals surface area contributed by atoms with Crippen LogP contribution < -0.4 is 20.1 Å². The number of benzene rings is 3. The summed E-state index contributed by atoms with van der Waals surface area (Å²) in [6, 6.07) is 24.5. The van der Waals surface area contributed by atoms with Crippen molar-refractivity contribution in [2.75, 3.05) is 12.1 Å². The molecule has 0 aliphatic carbocycles. The lowest BCUT2D eigenvalue weighted by molar-refractivity contribution is 0.0951. The van der Waals surface area contributed by atoms with Gasteiger partial charge in [0.05, 0.1) is 0 Å². The largest absolute Gasteiger partial charge is 0.454 e. The van der Waals surface area contributed by atoms with Crippen LogP contribution in [0.25, 0.3) is 11.4 Å². The number of hydrogen-bond acceptors (Lipinski definition) is 6. The second-order valence-corrected chi connectivity index (χ2v) is 7.21. The van der Waals surface area contributed by atoms with Gasteiger partial charge >= 0.3 is 0 Å². The Kier molecular flexibility index (Phi) is 5.36. The van der Waals surface area contributed by atoms with E-state index >= 15 is 0 Å². The van der Waals surface area contributed by atoms with Gasteiger partial charge in [-0.3, -0.25) is 4.79 Å². The van der Waals surface area contributed by atoms with Crippen LogP contribution in [-0.4, -0.2) is 22.7 Å². The SMILES string of the molecule is O=C(NCc1ccc2c(c1)OCO2)c1cccc(Nc2ccnc(-c3ccccc3)n2)c1. The summed E-state index contributed by atoms with van der Waals surface area (Å²) in [5.41, 5.74) is 3.19. The zero-order valence-electron chi connectivity index (χ0n) is 17.1. The summed E-state index contributed by atoms with van der Waals surface area (Å²) >= 11 is 0. The molecule has 0 radical (unpaired) electrons. The molecule has 0 atom stereocenters. The summed E-state index contributed by atoms with van der Waals surface area (Å²) < 4.78 is 10.7. The maximum atomic E-state index is 12.7. The molecule has 0 spiro atoms. The standard InChI is InChI=1S/C25H20N4O3/c30-25(27-15-17-9-10-21-22(13-17)32-16-31-21)19-7-4-8-20(14-19)28-23-11-12-26-24(29-23)18-5-2-1-3-6-18/h1-14H,15-16H2,(H,27,30)(H,26,28,29). The molecule has 1 aromatic heterocycles. The van der Waals surface area contributed by atoms with Crippen LogP contribution in [0.15, 0.2) is 85.1 Å². The molecular weight excluding hydrogens is 404 g/mol. The highest BCUT2D eigenvalue weighted by Gasteiger charge is 2.14. The second-order valence-electron chi connectivity index (χ2n) is 7.21. The first-order valence-corrected chi connectivity index (χ1v) is 10.2. The first kappa shape index (κ1) is 19.6. The minimum atomic E-state index is -0.168. The van der Waals surface area contributed by atoms with E-state index in [1.807, 2.05) is 60.7 Å². The fourth-order valence-electron chi connectivity index (χ4n) is 3.38. The smallest absolute Gasteiger partial charge is 0.251 e. The van der Waals surface area contributed by atoms with Gasteiger partial charge in [0, 0.05) is 29.6 Å². The molecule has 2 N–H and O–H groups in total. The van der Waals surface area contributed by atoms with Gasteiger partial charge in [0.25, 0.3) is 5.91 Å². The molecular formula is C25H20N4O3. The van der Waals surface area contributed by atoms with E-state index in [0.29, 0.717) is 29.5 Å². The molecule has 5 rings (SSSR count). The highest BCUT2D eigenvalue weighted by molar-refractivity contribution is 5.95. The van der Waals surface area contributed by atoms with Crippen molar-refractivity contribution in [2.24, 2.45) is 0 Å². The molecule has 0 saturated carbocycles. The molecule has 0 bridgehead atoms. The monoisotopic (exact) mass is 424 g/mol. The molecule has 4 aromatic rings. The van der Waals surface area contributed by atoms with Crippen molar-refractivity contribution in [3.63, 3.8) is 0 Å². The Morgan fingerprint density at radius 3 is 2.69 bits per heavy atom. The summed E-state index contributed by atoms with van der Waals surface area (Å²) in [4.78, 5) is 21.6. The van der Waals surface area contributed by atoms with Crippen molar-refractivity contribution in [3.8, 4) is 22.9 Å². The van der Waals surface area contributed by atoms with Crippen LogP contribution in [0.5, 0.6) is 11.5 Å². The number of hydrogen-bond donors (Lipinski definition) is 2. The fourth-order valence-corrected chi connectivity index (χ4v) is 3.38. The number of anilines is 2. The van der Waals surface area contributed by atoms with E-state index in [4.69, 9.17) is 9.47 Å². The molecule has 32 heavy (non-hydrogen) atoms. The van der Waals surface area contributed by atoms with Gasteiger partial charge in [-0.1, -0.05) is 42.5 Å². The van der Waals surface area contributed by atoms with Crippen molar-refractivity contribution in [1.29, 1.82) is 0 Å². The van der Waals surface area contributed by atoms with Crippen LogP contribution in [0.4, 0.5) is 11.5 Å². The zero-order chi connectivity index (χ0) is 21.8. The van der Waals surface area contributed by atoms with Crippen molar-refractivity contribution in [1.82, 2.24) is 15.3 Å². The number of amides is 1. The number of fused-ring (bicyclic) bond motifs is 1. The molecule has 3 aromatic carbocycles. The molecule has 1 amide bonds. The Morgan fingerprint density at radius 1 is 0.906 bits per heavy atom. The van der Waals surface area contributed by atoms with E-state index < -0.39 is 0 Å². The molecule has 0 saturated heterocycles. The normalized spacial score (nSPS) is 11.8. The highest BCUT2D eigenvalue weighted by atomic mass is 16.7. The van der Waals surface area contributed by atoms with Gasteiger partial charge in [-0.05, 0) is 42.0 Å². The lowest BCUT2D eigenvalue weighted by Gasteiger charge is -2.10. The third-order valence-corrected chi connectivity index (χ3v) is 4.97. The molecule has 0 fully saturated rings. The van der Waals surface area contributed by atoms with E-state index in [1.165, 1.54) is 0 Å². The van der Waals surface area contributed by atoms with Crippen LogP contribution in [0.2, 0.25) is 0 Å². The maximum Gasteiger partial charge on any atom is 0.251 e. The van der Waals surface area contributed by atoms with Gasteiger partial charge in [0.15, 0.2) is 17.3 Å². The topological polar surface area (TPSA) is 85.4 Å². The van der Waals surface area contributed by atoms with Crippen molar-refractivity contribution >= 4 is 17.4 Å². The van der Waals surface area contributed by atoms with Gasteiger partial charge in [-0.15, -0.1) is 0 Å². The predicted molar refractivity (Wildman–Crippen MR) is 121 cm³/mol. The molecule has 1 aliphatic rings. The third-order valence-electron chi connectivity index (χ3n) is 4.97. The van der Waals surface area contributed by atoms with Gasteiger partial charge in [0.2, 0.25) is 6.79 Å². The van der Waals surface area contributed by atoms with E-state index in [-0.39, 0.29) is 12.7 Å². The Labute approximate surface area is 185 Å². The molecule has 7 heteroatoms. The highest BCUT2D eigenvalue weighted by Crippen LogP contribution is 2.32. The van der Waals surface area contributed by atoms with Crippen molar-refractivity contribution in [3.05, 3.63) is 96.2 Å². The Bertz CT molecular complexity index is 1260. The lowest BCUT2D eigenvalue weighted by atomic mass is 10.1. The van der Waals surface area contributed by atoms with Crippen LogP contribution >= 0.6 is 0 Å². The molecule has 7 nitrogen and oxygen atoms in total. The van der Waals surface area contributed by atoms with Gasteiger partial charge in [0.1, 0.15) is 5.82 Å². The molecule has 2 heterocycles. The number of rotatable bonds is 6. The fraction of sp³-hybridized carbons (Fsp3) is 0.0800. The van der Waals surface area contributed by atoms with Crippen LogP contribution in [-0.2, 0) is 6.54 Å². The zero-order valence-corrected chi connectivity index (χ0v) is 17.1. The van der Waals surface area contributed by atoms with Crippen molar-refractivity contribution < 1.29 is 14.3 Å². The minimum absolute atomic E-state index is 0.168. The van der Waals surface area contributed by atoms with E-state index in [1.54, 1.807) is 24.4 Å². The number of carbonyl (C=O) groups is 1. The second kappa shape index (κ2) is 8.77. The van der Waals surface area contributed by atoms with E-state index in [2.05, 4.69) is 20.6 Å². The van der Waals surface area contributed by atoms with E-state index in [0.717, 1.165) is 22.6 Å². The number of ether oxygens (including phenoxy) is 2. The average molecular weight is 424 g/mol. The number of aromatic nitrogens is 2. The maximum absolute atomic E-state index is 12.7. The summed E-state index contributed by atoms with van der Waals surface area (Å²) in [6.07, 6.45) is 1.71.